The van der Waals surface area contributed by atoms with E-state index in [1.807, 2.05) is 70.2 Å². The third kappa shape index (κ3) is 6.63. The van der Waals surface area contributed by atoms with Gasteiger partial charge in [0.2, 0.25) is 5.91 Å². The minimum Gasteiger partial charge on any atom is -0.343 e. The highest BCUT2D eigenvalue weighted by molar-refractivity contribution is 14.1. The van der Waals surface area contributed by atoms with Gasteiger partial charge in [-0.2, -0.15) is 5.10 Å². The second kappa shape index (κ2) is 13.2. The second-order valence-corrected chi connectivity index (χ2v) is 12.4. The van der Waals surface area contributed by atoms with Crippen LogP contribution in [-0.4, -0.2) is 72.2 Å². The molecule has 0 aliphatic carbocycles. The van der Waals surface area contributed by atoms with Gasteiger partial charge in [0, 0.05) is 78.6 Å². The molecule has 3 amide bonds. The van der Waals surface area contributed by atoms with E-state index in [-0.39, 0.29) is 16.0 Å². The topological polar surface area (TPSA) is 111 Å². The molecule has 1 unspecified atom stereocenters. The molecule has 3 N–H and O–H groups in total. The summed E-state index contributed by atoms with van der Waals surface area (Å²) in [5.74, 6) is 0.186. The number of hydrogen-bond donors (Lipinski definition) is 3. The number of aromatic nitrogens is 4. The summed E-state index contributed by atoms with van der Waals surface area (Å²) in [7, 11) is 2.10. The molecule has 2 aromatic carbocycles. The first kappa shape index (κ1) is 29.8. The quantitative estimate of drug-likeness (QED) is 0.101. The van der Waals surface area contributed by atoms with E-state index >= 15 is 0 Å². The Labute approximate surface area is 270 Å². The molecule has 1 saturated heterocycles. The van der Waals surface area contributed by atoms with Crippen LogP contribution in [0.15, 0.2) is 79.1 Å². The fraction of sp³-hybridized carbons (Fsp3) is 0.273. The number of fused-ring (bicyclic) bond motifs is 1. The minimum atomic E-state index is -0.304. The van der Waals surface area contributed by atoms with E-state index in [1.54, 1.807) is 6.20 Å². The molecule has 1 aliphatic heterocycles. The Morgan fingerprint density at radius 3 is 2.48 bits per heavy atom. The summed E-state index contributed by atoms with van der Waals surface area (Å²) in [6.07, 6.45) is 4.94. The lowest BCUT2D eigenvalue weighted by Gasteiger charge is -2.37. The number of piperazine rings is 1. The lowest BCUT2D eigenvalue weighted by Crippen LogP contribution is -2.51. The van der Waals surface area contributed by atoms with Crippen LogP contribution in [0.25, 0.3) is 33.4 Å². The molecule has 0 saturated carbocycles. The van der Waals surface area contributed by atoms with Crippen LogP contribution in [0.5, 0.6) is 0 Å². The number of aromatic amines is 1. The molecule has 5 aromatic rings. The molecule has 4 heterocycles. The van der Waals surface area contributed by atoms with Gasteiger partial charge in [0.05, 0.1) is 4.05 Å². The second-order valence-electron chi connectivity index (χ2n) is 11.0. The van der Waals surface area contributed by atoms with Crippen molar-refractivity contribution in [1.29, 1.82) is 0 Å². The van der Waals surface area contributed by atoms with Crippen LogP contribution in [0.1, 0.15) is 19.0 Å². The summed E-state index contributed by atoms with van der Waals surface area (Å²) in [5, 5.41) is 11.6. The number of hydrogen-bond acceptors (Lipinski definition) is 5. The maximum atomic E-state index is 13.0. The highest BCUT2D eigenvalue weighted by Crippen LogP contribution is 2.36. The van der Waals surface area contributed by atoms with Crippen LogP contribution in [0, 0.1) is 0 Å². The molecule has 1 fully saturated rings. The summed E-state index contributed by atoms with van der Waals surface area (Å²) < 4.78 is 2.12. The van der Waals surface area contributed by atoms with Gasteiger partial charge in [-0.25, -0.2) is 9.78 Å². The number of halogens is 1. The molecule has 11 heteroatoms. The van der Waals surface area contributed by atoms with Crippen molar-refractivity contribution < 1.29 is 9.59 Å². The number of pyridine rings is 1. The van der Waals surface area contributed by atoms with Gasteiger partial charge in [-0.1, -0.05) is 52.9 Å². The monoisotopic (exact) mass is 702 g/mol. The fourth-order valence-electron chi connectivity index (χ4n) is 5.50. The van der Waals surface area contributed by atoms with Gasteiger partial charge < -0.3 is 25.4 Å². The van der Waals surface area contributed by atoms with E-state index < -0.39 is 0 Å². The molecule has 10 nitrogen and oxygen atoms in total. The van der Waals surface area contributed by atoms with Crippen molar-refractivity contribution in [3.05, 3.63) is 84.8 Å². The molecular weight excluding hydrogens is 667 g/mol. The van der Waals surface area contributed by atoms with Crippen molar-refractivity contribution in [3.8, 4) is 22.4 Å². The van der Waals surface area contributed by atoms with Gasteiger partial charge in [-0.15, -0.1) is 0 Å². The maximum Gasteiger partial charge on any atom is 0.323 e. The number of carbonyl (C=O) groups excluding carboxylic acids is 2. The minimum absolute atomic E-state index is 0.186. The SMILES string of the molecule is CCn1cc(-c2ccnc3[nH]c(CCC(=O)N4CCN(C)CC4I)cc23)c(-c2ccc(NC(=O)Nc3ccccc3)cc2)n1. The molecule has 226 valence electrons. The smallest absolute Gasteiger partial charge is 0.323 e. The first-order valence-electron chi connectivity index (χ1n) is 14.8. The number of nitrogens with one attached hydrogen (secondary N) is 3. The predicted octanol–water partition coefficient (Wildman–Crippen LogP) is 6.23. The summed E-state index contributed by atoms with van der Waals surface area (Å²) in [6, 6.07) is 20.8. The fourth-order valence-corrected chi connectivity index (χ4v) is 6.76. The van der Waals surface area contributed by atoms with E-state index in [0.717, 1.165) is 71.0 Å². The Hall–Kier alpha value is -4.23. The van der Waals surface area contributed by atoms with Gasteiger partial charge in [0.25, 0.3) is 0 Å². The zero-order chi connectivity index (χ0) is 30.6. The number of nitrogens with zero attached hydrogens (tertiary/aromatic N) is 5. The number of alkyl halides is 1. The van der Waals surface area contributed by atoms with Gasteiger partial charge in [-0.3, -0.25) is 9.48 Å². The number of rotatable bonds is 8. The van der Waals surface area contributed by atoms with Crippen LogP contribution in [-0.2, 0) is 17.8 Å². The number of aryl methyl sites for hydroxylation is 2. The number of anilines is 2. The van der Waals surface area contributed by atoms with E-state index in [2.05, 4.69) is 74.3 Å². The summed E-state index contributed by atoms with van der Waals surface area (Å²) in [4.78, 5) is 37.8. The highest BCUT2D eigenvalue weighted by atomic mass is 127. The van der Waals surface area contributed by atoms with Gasteiger partial charge in [-0.05, 0) is 62.4 Å². The summed E-state index contributed by atoms with van der Waals surface area (Å²) >= 11 is 2.37. The van der Waals surface area contributed by atoms with Crippen molar-refractivity contribution in [2.45, 2.75) is 30.4 Å². The predicted molar refractivity (Wildman–Crippen MR) is 183 cm³/mol. The Morgan fingerprint density at radius 2 is 1.75 bits per heavy atom. The lowest BCUT2D eigenvalue weighted by molar-refractivity contribution is -0.133. The average molecular weight is 703 g/mol. The molecule has 1 atom stereocenters. The Kier molecular flexibility index (Phi) is 8.94. The zero-order valence-electron chi connectivity index (χ0n) is 24.8. The van der Waals surface area contributed by atoms with Gasteiger partial charge >= 0.3 is 6.03 Å². The molecule has 44 heavy (non-hydrogen) atoms. The number of amides is 3. The number of likely N-dealkylation sites (N-methyl/N-ethyl adjacent to an activating group) is 1. The van der Waals surface area contributed by atoms with E-state index in [4.69, 9.17) is 5.10 Å². The molecule has 6 rings (SSSR count). The number of carbonyl (C=O) groups is 2. The van der Waals surface area contributed by atoms with Crippen molar-refractivity contribution in [1.82, 2.24) is 29.5 Å². The van der Waals surface area contributed by atoms with E-state index in [0.29, 0.717) is 18.5 Å². The normalized spacial score (nSPS) is 15.4. The summed E-state index contributed by atoms with van der Waals surface area (Å²) in [6.45, 7) is 5.35. The number of para-hydroxylation sites is 1. The summed E-state index contributed by atoms with van der Waals surface area (Å²) in [5.41, 5.74) is 6.98. The van der Waals surface area contributed by atoms with Crippen molar-refractivity contribution >= 4 is 56.9 Å². The third-order valence-corrected chi connectivity index (χ3v) is 8.93. The lowest BCUT2D eigenvalue weighted by atomic mass is 10.00. The molecule has 0 spiro atoms. The van der Waals surface area contributed by atoms with Crippen molar-refractivity contribution in [3.63, 3.8) is 0 Å². The highest BCUT2D eigenvalue weighted by Gasteiger charge is 2.26. The number of benzene rings is 2. The van der Waals surface area contributed by atoms with Crippen molar-refractivity contribution in [2.24, 2.45) is 0 Å². The third-order valence-electron chi connectivity index (χ3n) is 7.86. The van der Waals surface area contributed by atoms with E-state index in [1.165, 1.54) is 0 Å². The number of urea groups is 1. The number of H-pyrrole nitrogens is 1. The van der Waals surface area contributed by atoms with Gasteiger partial charge in [0.15, 0.2) is 0 Å². The first-order valence-corrected chi connectivity index (χ1v) is 16.0. The molecule has 0 radical (unpaired) electrons. The Bertz CT molecular complexity index is 1770. The van der Waals surface area contributed by atoms with Crippen LogP contribution in [0.4, 0.5) is 16.2 Å². The first-order chi connectivity index (χ1) is 21.4. The molecule has 1 aliphatic rings. The van der Waals surface area contributed by atoms with Crippen molar-refractivity contribution in [2.75, 3.05) is 37.3 Å². The molecular formula is C33H35IN8O2. The Balaban J connectivity index is 1.21. The Morgan fingerprint density at radius 1 is 1.00 bits per heavy atom. The van der Waals surface area contributed by atoms with Crippen LogP contribution in [0.3, 0.4) is 0 Å². The molecule has 3 aromatic heterocycles. The maximum absolute atomic E-state index is 13.0. The standard InChI is InChI=1S/C33H35IN8O2/c1-3-41-20-28(31(39-41)22-9-11-24(12-10-22)38-33(44)37-23-7-5-4-6-8-23)26-15-16-35-32-27(26)19-25(36-32)13-14-30(43)42-18-17-40(2)21-29(42)34/h4-12,15-16,19-20,29H,3,13-14,17-18,21H2,1-2H3,(H,35,36)(H2,37,38,44). The zero-order valence-corrected chi connectivity index (χ0v) is 26.9. The van der Waals surface area contributed by atoms with Crippen LogP contribution < -0.4 is 10.6 Å². The van der Waals surface area contributed by atoms with E-state index in [9.17, 15) is 9.59 Å². The van der Waals surface area contributed by atoms with Gasteiger partial charge in [0.1, 0.15) is 11.3 Å². The average Bonchev–Trinajstić information content (AvgIpc) is 3.65. The van der Waals surface area contributed by atoms with Crippen LogP contribution in [0.2, 0.25) is 0 Å². The van der Waals surface area contributed by atoms with Crippen LogP contribution >= 0.6 is 22.6 Å². The molecule has 0 bridgehead atoms. The largest absolute Gasteiger partial charge is 0.343 e.